The van der Waals surface area contributed by atoms with Crippen LogP contribution in [0.25, 0.3) is 11.2 Å². The Morgan fingerprint density at radius 1 is 1.20 bits per heavy atom. The molecule has 3 heterocycles. The number of halogens is 3. The molecule has 10 heteroatoms. The van der Waals surface area contributed by atoms with Crippen LogP contribution in [0.1, 0.15) is 12.5 Å². The van der Waals surface area contributed by atoms with Crippen LogP contribution in [0.3, 0.4) is 0 Å². The van der Waals surface area contributed by atoms with Gasteiger partial charge < -0.3 is 15.8 Å². The zero-order valence-corrected chi connectivity index (χ0v) is 12.8. The molecular weight excluding hydrogens is 337 g/mol. The topological polar surface area (TPSA) is 90.9 Å². The van der Waals surface area contributed by atoms with Crippen molar-refractivity contribution in [1.82, 2.24) is 19.5 Å². The van der Waals surface area contributed by atoms with Crippen LogP contribution in [0.15, 0.2) is 18.3 Å². The Hall–Kier alpha value is -2.88. The highest BCUT2D eigenvalue weighted by Gasteiger charge is 2.25. The number of hydrogen-bond donors (Lipinski definition) is 2. The first-order chi connectivity index (χ1) is 12.0. The minimum absolute atomic E-state index is 0.0539. The number of imidazole rings is 1. The van der Waals surface area contributed by atoms with Crippen LogP contribution in [-0.4, -0.2) is 32.7 Å². The molecule has 1 fully saturated rings. The Balaban J connectivity index is 1.85. The molecule has 1 saturated heterocycles. The first kappa shape index (κ1) is 15.6. The largest absolute Gasteiger partial charge is 0.379 e. The highest BCUT2D eigenvalue weighted by Crippen LogP contribution is 2.31. The Morgan fingerprint density at radius 2 is 1.96 bits per heavy atom. The summed E-state index contributed by atoms with van der Waals surface area (Å²) in [7, 11) is 0. The van der Waals surface area contributed by atoms with Gasteiger partial charge in [-0.1, -0.05) is 0 Å². The van der Waals surface area contributed by atoms with Crippen molar-refractivity contribution < 1.29 is 17.9 Å². The summed E-state index contributed by atoms with van der Waals surface area (Å²) in [6.07, 6.45) is 2.10. The van der Waals surface area contributed by atoms with Crippen LogP contribution in [0.2, 0.25) is 0 Å². The maximum atomic E-state index is 14.0. The van der Waals surface area contributed by atoms with E-state index in [0.717, 1.165) is 0 Å². The molecule has 3 N–H and O–H groups in total. The molecule has 2 aromatic heterocycles. The van der Waals surface area contributed by atoms with Crippen molar-refractivity contribution in [3.05, 3.63) is 35.8 Å². The van der Waals surface area contributed by atoms with Gasteiger partial charge in [-0.15, -0.1) is 0 Å². The van der Waals surface area contributed by atoms with Crippen LogP contribution in [0.5, 0.6) is 0 Å². The van der Waals surface area contributed by atoms with Gasteiger partial charge in [0.2, 0.25) is 11.9 Å². The van der Waals surface area contributed by atoms with E-state index >= 15 is 0 Å². The number of hydrogen-bond acceptors (Lipinski definition) is 6. The van der Waals surface area contributed by atoms with Gasteiger partial charge in [0, 0.05) is 18.7 Å². The van der Waals surface area contributed by atoms with Crippen LogP contribution in [0, 0.1) is 17.5 Å². The smallest absolute Gasteiger partial charge is 0.222 e. The van der Waals surface area contributed by atoms with Gasteiger partial charge in [-0.25, -0.2) is 23.1 Å². The maximum absolute atomic E-state index is 14.0. The van der Waals surface area contributed by atoms with Gasteiger partial charge in [-0.05, 0) is 6.42 Å². The van der Waals surface area contributed by atoms with E-state index in [2.05, 4.69) is 20.3 Å². The fourth-order valence-corrected chi connectivity index (χ4v) is 2.84. The summed E-state index contributed by atoms with van der Waals surface area (Å²) in [6, 6.07) is 1.05. The highest BCUT2D eigenvalue weighted by atomic mass is 19.1. The first-order valence-electron chi connectivity index (χ1n) is 7.52. The van der Waals surface area contributed by atoms with E-state index in [1.165, 1.54) is 6.20 Å². The third-order valence-electron chi connectivity index (χ3n) is 3.97. The second kappa shape index (κ2) is 5.88. The number of rotatable bonds is 3. The number of anilines is 3. The minimum Gasteiger partial charge on any atom is -0.379 e. The summed E-state index contributed by atoms with van der Waals surface area (Å²) in [5.41, 5.74) is 5.97. The molecule has 1 aromatic carbocycles. The van der Waals surface area contributed by atoms with Crippen molar-refractivity contribution >= 4 is 28.7 Å². The maximum Gasteiger partial charge on any atom is 0.222 e. The number of nitrogens with zero attached hydrogens (tertiary/aromatic N) is 4. The predicted molar refractivity (Wildman–Crippen MR) is 83.8 cm³/mol. The molecule has 0 amide bonds. The van der Waals surface area contributed by atoms with E-state index in [1.54, 1.807) is 4.57 Å². The van der Waals surface area contributed by atoms with E-state index < -0.39 is 23.1 Å². The second-order valence-electron chi connectivity index (χ2n) is 5.63. The van der Waals surface area contributed by atoms with E-state index in [4.69, 9.17) is 10.5 Å². The molecule has 0 bridgehead atoms. The van der Waals surface area contributed by atoms with Crippen LogP contribution < -0.4 is 11.1 Å². The van der Waals surface area contributed by atoms with Gasteiger partial charge in [0.15, 0.2) is 17.3 Å². The first-order valence-corrected chi connectivity index (χ1v) is 7.52. The highest BCUT2D eigenvalue weighted by molar-refractivity contribution is 5.76. The Bertz CT molecular complexity index is 931. The SMILES string of the molecule is Nc1ncc2nc(Nc3c(F)cc(F)cc3F)n([C@H]3CCOC3)c2n1. The van der Waals surface area contributed by atoms with E-state index in [-0.39, 0.29) is 17.9 Å². The van der Waals surface area contributed by atoms with Gasteiger partial charge in [-0.2, -0.15) is 4.98 Å². The van der Waals surface area contributed by atoms with Crippen LogP contribution in [0.4, 0.5) is 30.8 Å². The molecule has 1 aliphatic rings. The zero-order chi connectivity index (χ0) is 17.6. The fourth-order valence-electron chi connectivity index (χ4n) is 2.84. The van der Waals surface area contributed by atoms with Crippen molar-refractivity contribution in [2.24, 2.45) is 0 Å². The van der Waals surface area contributed by atoms with Crippen molar-refractivity contribution in [1.29, 1.82) is 0 Å². The molecular formula is C15H13F3N6O. The van der Waals surface area contributed by atoms with Gasteiger partial charge in [0.1, 0.15) is 17.0 Å². The molecule has 0 unspecified atom stereocenters. The quantitative estimate of drug-likeness (QED) is 0.754. The molecule has 0 radical (unpaired) electrons. The summed E-state index contributed by atoms with van der Waals surface area (Å²) < 4.78 is 48.1. The van der Waals surface area contributed by atoms with Crippen molar-refractivity contribution in [2.75, 3.05) is 24.3 Å². The molecule has 7 nitrogen and oxygen atoms in total. The van der Waals surface area contributed by atoms with Crippen LogP contribution >= 0.6 is 0 Å². The van der Waals surface area contributed by atoms with Crippen LogP contribution in [-0.2, 0) is 4.74 Å². The number of nitrogens with one attached hydrogen (secondary N) is 1. The molecule has 3 aromatic rings. The number of ether oxygens (including phenoxy) is 1. The van der Waals surface area contributed by atoms with E-state index in [9.17, 15) is 13.2 Å². The van der Waals surface area contributed by atoms with Crippen molar-refractivity contribution in [3.63, 3.8) is 0 Å². The lowest BCUT2D eigenvalue weighted by molar-refractivity contribution is 0.187. The van der Waals surface area contributed by atoms with E-state index in [1.807, 2.05) is 0 Å². The minimum atomic E-state index is -1.07. The normalized spacial score (nSPS) is 17.3. The zero-order valence-electron chi connectivity index (χ0n) is 12.8. The second-order valence-corrected chi connectivity index (χ2v) is 5.63. The third-order valence-corrected chi connectivity index (χ3v) is 3.97. The Labute approximate surface area is 139 Å². The van der Waals surface area contributed by atoms with Crippen molar-refractivity contribution in [3.8, 4) is 0 Å². The van der Waals surface area contributed by atoms with Gasteiger partial charge in [0.25, 0.3) is 0 Å². The standard InChI is InChI=1S/C15H13F3N6O/c16-7-3-9(17)12(10(18)4-7)22-15-21-11-5-20-14(19)23-13(11)24(15)8-1-2-25-6-8/h3-5,8H,1-2,6H2,(H,21,22)(H2,19,20,23)/t8-/m0/s1. The molecule has 0 saturated carbocycles. The Kier molecular flexibility index (Phi) is 3.68. The summed E-state index contributed by atoms with van der Waals surface area (Å²) in [4.78, 5) is 12.3. The molecule has 1 aliphatic heterocycles. The van der Waals surface area contributed by atoms with Crippen molar-refractivity contribution in [2.45, 2.75) is 12.5 Å². The lowest BCUT2D eigenvalue weighted by atomic mass is 10.2. The average molecular weight is 350 g/mol. The fraction of sp³-hybridized carbons (Fsp3) is 0.267. The number of nitrogen functional groups attached to an aromatic ring is 1. The number of nitrogens with two attached hydrogens (primary N) is 1. The monoisotopic (exact) mass is 350 g/mol. The summed E-state index contributed by atoms with van der Waals surface area (Å²) in [6.45, 7) is 0.946. The molecule has 25 heavy (non-hydrogen) atoms. The van der Waals surface area contributed by atoms with E-state index in [0.29, 0.717) is 42.9 Å². The molecule has 1 atom stereocenters. The molecule has 0 spiro atoms. The average Bonchev–Trinajstić information content (AvgIpc) is 3.17. The molecule has 130 valence electrons. The number of aromatic nitrogens is 4. The molecule has 0 aliphatic carbocycles. The summed E-state index contributed by atoms with van der Waals surface area (Å²) >= 11 is 0. The third kappa shape index (κ3) is 2.74. The number of fused-ring (bicyclic) bond motifs is 1. The number of benzene rings is 1. The summed E-state index contributed by atoms with van der Waals surface area (Å²) in [5, 5.41) is 2.59. The van der Waals surface area contributed by atoms with Gasteiger partial charge >= 0.3 is 0 Å². The Morgan fingerprint density at radius 3 is 2.64 bits per heavy atom. The predicted octanol–water partition coefficient (Wildman–Crippen LogP) is 2.53. The lowest BCUT2D eigenvalue weighted by Gasteiger charge is -2.16. The van der Waals surface area contributed by atoms with Gasteiger partial charge in [-0.3, -0.25) is 4.57 Å². The lowest BCUT2D eigenvalue weighted by Crippen LogP contribution is -2.13. The van der Waals surface area contributed by atoms with Gasteiger partial charge in [0.05, 0.1) is 18.8 Å². The molecule has 4 rings (SSSR count). The summed E-state index contributed by atoms with van der Waals surface area (Å²) in [5.74, 6) is -2.93.